The first-order valence-corrected chi connectivity index (χ1v) is 12.8. The van der Waals surface area contributed by atoms with E-state index < -0.39 is 27.2 Å². The molecule has 1 heterocycles. The molecule has 35 heavy (non-hydrogen) atoms. The normalized spacial score (nSPS) is 11.3. The molecule has 0 unspecified atom stereocenters. The second-order valence-corrected chi connectivity index (χ2v) is 10.7. The van der Waals surface area contributed by atoms with Crippen LogP contribution in [-0.2, 0) is 24.1 Å². The van der Waals surface area contributed by atoms with Gasteiger partial charge in [-0.3, -0.25) is 4.79 Å². The minimum absolute atomic E-state index is 0.0542. The van der Waals surface area contributed by atoms with E-state index in [1.807, 2.05) is 0 Å². The van der Waals surface area contributed by atoms with Crippen molar-refractivity contribution in [3.63, 3.8) is 0 Å². The Bertz CT molecular complexity index is 1640. The zero-order valence-corrected chi connectivity index (χ0v) is 20.3. The lowest BCUT2D eigenvalue weighted by atomic mass is 10.1. The average molecular weight is 509 g/mol. The largest absolute Gasteiger partial charge is 0.459 e. The van der Waals surface area contributed by atoms with Gasteiger partial charge in [-0.15, -0.1) is 11.3 Å². The van der Waals surface area contributed by atoms with Crippen molar-refractivity contribution in [2.45, 2.75) is 16.7 Å². The third kappa shape index (κ3) is 4.87. The van der Waals surface area contributed by atoms with Crippen molar-refractivity contribution in [2.75, 3.05) is 13.2 Å². The van der Waals surface area contributed by atoms with E-state index >= 15 is 0 Å². The van der Waals surface area contributed by atoms with E-state index in [-0.39, 0.29) is 39.5 Å². The van der Waals surface area contributed by atoms with Gasteiger partial charge >= 0.3 is 11.9 Å². The summed E-state index contributed by atoms with van der Waals surface area (Å²) in [5.41, 5.74) is -0.376. The molecular weight excluding hydrogens is 488 g/mol. The molecule has 178 valence electrons. The molecule has 7 nitrogen and oxygen atoms in total. The highest BCUT2D eigenvalue weighted by atomic mass is 32.2. The van der Waals surface area contributed by atoms with Crippen molar-refractivity contribution in [3.8, 4) is 0 Å². The molecule has 4 rings (SSSR count). The van der Waals surface area contributed by atoms with Crippen molar-refractivity contribution < 1.29 is 27.5 Å². The van der Waals surface area contributed by atoms with Gasteiger partial charge in [0.25, 0.3) is 0 Å². The highest BCUT2D eigenvalue weighted by Crippen LogP contribution is 2.32. The van der Waals surface area contributed by atoms with Gasteiger partial charge in [-0.05, 0) is 43.3 Å². The molecule has 0 aliphatic carbocycles. The first-order valence-electron chi connectivity index (χ1n) is 10.5. The molecule has 0 aliphatic rings. The van der Waals surface area contributed by atoms with Gasteiger partial charge < -0.3 is 9.47 Å². The second kappa shape index (κ2) is 9.81. The van der Waals surface area contributed by atoms with Crippen LogP contribution in [0.4, 0.5) is 0 Å². The standard InChI is InChI=1S/C26H20O7S2/c1-16(2)25(28)32-12-13-33-26(29)20-14-18(35(30,31)17-8-4-3-5-9-17)15-22-23(20)24(27)19-10-6-7-11-21(19)34-22/h3-11,14-15H,1,12-13H2,2H3. The van der Waals surface area contributed by atoms with Gasteiger partial charge in [-0.1, -0.05) is 36.9 Å². The second-order valence-electron chi connectivity index (χ2n) is 7.64. The molecular formula is C26H20O7S2. The summed E-state index contributed by atoms with van der Waals surface area (Å²) in [5.74, 6) is -1.52. The van der Waals surface area contributed by atoms with Crippen molar-refractivity contribution in [3.05, 3.63) is 94.7 Å². The van der Waals surface area contributed by atoms with Gasteiger partial charge in [-0.2, -0.15) is 0 Å². The van der Waals surface area contributed by atoms with Gasteiger partial charge in [-0.25, -0.2) is 18.0 Å². The maximum absolute atomic E-state index is 13.3. The van der Waals surface area contributed by atoms with E-state index in [1.54, 1.807) is 42.5 Å². The number of ether oxygens (including phenoxy) is 2. The van der Waals surface area contributed by atoms with Crippen molar-refractivity contribution in [1.82, 2.24) is 0 Å². The first-order chi connectivity index (χ1) is 16.7. The molecule has 0 saturated carbocycles. The van der Waals surface area contributed by atoms with Crippen LogP contribution in [0.25, 0.3) is 20.2 Å². The van der Waals surface area contributed by atoms with E-state index in [9.17, 15) is 22.8 Å². The van der Waals surface area contributed by atoms with Crippen molar-refractivity contribution >= 4 is 53.3 Å². The lowest BCUT2D eigenvalue weighted by molar-refractivity contribution is -0.140. The summed E-state index contributed by atoms with van der Waals surface area (Å²) >= 11 is 1.21. The number of carbonyl (C=O) groups excluding carboxylic acids is 2. The fourth-order valence-corrected chi connectivity index (χ4v) is 5.98. The summed E-state index contributed by atoms with van der Waals surface area (Å²) in [5, 5.41) is 0.484. The summed E-state index contributed by atoms with van der Waals surface area (Å²) in [6, 6.07) is 17.3. The smallest absolute Gasteiger partial charge is 0.339 e. The molecule has 0 spiro atoms. The highest BCUT2D eigenvalue weighted by Gasteiger charge is 2.24. The number of hydrogen-bond donors (Lipinski definition) is 0. The van der Waals surface area contributed by atoms with Gasteiger partial charge in [0.05, 0.1) is 20.7 Å². The molecule has 9 heteroatoms. The molecule has 1 aromatic heterocycles. The van der Waals surface area contributed by atoms with Crippen LogP contribution >= 0.6 is 11.3 Å². The summed E-state index contributed by atoms with van der Waals surface area (Å²) < 4.78 is 37.8. The van der Waals surface area contributed by atoms with Crippen LogP contribution in [0.15, 0.2) is 93.5 Å². The fraction of sp³-hybridized carbons (Fsp3) is 0.115. The third-order valence-corrected chi connectivity index (χ3v) is 8.00. The summed E-state index contributed by atoms with van der Waals surface area (Å²) in [6.45, 7) is 4.46. The molecule has 0 saturated heterocycles. The van der Waals surface area contributed by atoms with E-state index in [0.29, 0.717) is 14.8 Å². The SMILES string of the molecule is C=C(C)C(=O)OCCOC(=O)c1cc(S(=O)(=O)c2ccccc2)cc2sc3ccccc3c(=O)c12. The molecule has 0 bridgehead atoms. The van der Waals surface area contributed by atoms with Crippen LogP contribution in [-0.4, -0.2) is 33.6 Å². The Morgan fingerprint density at radius 2 is 1.54 bits per heavy atom. The van der Waals surface area contributed by atoms with E-state index in [4.69, 9.17) is 9.47 Å². The zero-order valence-electron chi connectivity index (χ0n) is 18.6. The van der Waals surface area contributed by atoms with E-state index in [1.165, 1.54) is 36.5 Å². The van der Waals surface area contributed by atoms with Gasteiger partial charge in [0, 0.05) is 20.4 Å². The Labute approximate surface area is 205 Å². The molecule has 0 radical (unpaired) electrons. The number of sulfone groups is 1. The van der Waals surface area contributed by atoms with Crippen LogP contribution in [0.5, 0.6) is 0 Å². The molecule has 0 N–H and O–H groups in total. The van der Waals surface area contributed by atoms with Crippen LogP contribution < -0.4 is 5.43 Å². The van der Waals surface area contributed by atoms with E-state index in [2.05, 4.69) is 6.58 Å². The number of esters is 2. The Morgan fingerprint density at radius 1 is 0.886 bits per heavy atom. The lowest BCUT2D eigenvalue weighted by Gasteiger charge is -2.12. The summed E-state index contributed by atoms with van der Waals surface area (Å²) in [4.78, 5) is 37.8. The van der Waals surface area contributed by atoms with Crippen LogP contribution in [0.1, 0.15) is 17.3 Å². The number of rotatable bonds is 7. The Hall–Kier alpha value is -3.82. The Kier molecular flexibility index (Phi) is 6.81. The zero-order chi connectivity index (χ0) is 25.2. The van der Waals surface area contributed by atoms with Crippen LogP contribution in [0.3, 0.4) is 0 Å². The molecule has 0 amide bonds. The first kappa shape index (κ1) is 24.3. The van der Waals surface area contributed by atoms with Crippen LogP contribution in [0, 0.1) is 0 Å². The molecule has 0 atom stereocenters. The van der Waals surface area contributed by atoms with Crippen molar-refractivity contribution in [2.24, 2.45) is 0 Å². The minimum atomic E-state index is -3.98. The van der Waals surface area contributed by atoms with Gasteiger partial charge in [0.15, 0.2) is 5.43 Å². The summed E-state index contributed by atoms with van der Waals surface area (Å²) in [6.07, 6.45) is 0. The molecule has 0 aliphatic heterocycles. The maximum atomic E-state index is 13.3. The maximum Gasteiger partial charge on any atom is 0.339 e. The summed E-state index contributed by atoms with van der Waals surface area (Å²) in [7, 11) is -3.98. The average Bonchev–Trinajstić information content (AvgIpc) is 2.86. The molecule has 3 aromatic carbocycles. The predicted molar refractivity (Wildman–Crippen MR) is 134 cm³/mol. The number of hydrogen-bond acceptors (Lipinski definition) is 8. The Morgan fingerprint density at radius 3 is 2.26 bits per heavy atom. The minimum Gasteiger partial charge on any atom is -0.459 e. The Balaban J connectivity index is 1.83. The van der Waals surface area contributed by atoms with Crippen LogP contribution in [0.2, 0.25) is 0 Å². The van der Waals surface area contributed by atoms with Gasteiger partial charge in [0.1, 0.15) is 13.2 Å². The third-order valence-electron chi connectivity index (χ3n) is 5.14. The quantitative estimate of drug-likeness (QED) is 0.156. The molecule has 4 aromatic rings. The topological polar surface area (TPSA) is 104 Å². The van der Waals surface area contributed by atoms with E-state index in [0.717, 1.165) is 6.07 Å². The lowest BCUT2D eigenvalue weighted by Crippen LogP contribution is -2.17. The number of benzene rings is 3. The predicted octanol–water partition coefficient (Wildman–Crippen LogP) is 4.52. The number of carbonyl (C=O) groups is 2. The molecule has 0 fully saturated rings. The fourth-order valence-electron chi connectivity index (χ4n) is 3.42. The monoisotopic (exact) mass is 508 g/mol. The van der Waals surface area contributed by atoms with Crippen molar-refractivity contribution in [1.29, 1.82) is 0 Å². The van der Waals surface area contributed by atoms with Gasteiger partial charge in [0.2, 0.25) is 9.84 Å². The number of fused-ring (bicyclic) bond motifs is 2. The highest BCUT2D eigenvalue weighted by molar-refractivity contribution is 7.91.